The number of carbonyl (C=O) groups excluding carboxylic acids is 1. The number of ether oxygens (including phenoxy) is 1. The summed E-state index contributed by atoms with van der Waals surface area (Å²) in [6.45, 7) is -0.947. The molecule has 7 nitrogen and oxygen atoms in total. The van der Waals surface area contributed by atoms with Gasteiger partial charge >= 0.3 is 12.6 Å². The molecule has 0 saturated heterocycles. The standard InChI is InChI=1S/C16H18F2N4O3/c1-9(10-4-6-12(7-5-10)24-15(17)18)20-16(23)19-8-13-21-14(22-25-13)11-2-3-11/h4-7,9,11,15H,2-3,8H2,1H3,(H2,19,20,23). The number of halogens is 2. The highest BCUT2D eigenvalue weighted by molar-refractivity contribution is 5.74. The molecule has 2 amide bonds. The summed E-state index contributed by atoms with van der Waals surface area (Å²) in [5.74, 6) is 1.51. The zero-order valence-electron chi connectivity index (χ0n) is 13.5. The molecule has 9 heteroatoms. The first kappa shape index (κ1) is 17.1. The van der Waals surface area contributed by atoms with E-state index in [1.807, 2.05) is 0 Å². The summed E-state index contributed by atoms with van der Waals surface area (Å²) in [7, 11) is 0. The van der Waals surface area contributed by atoms with Gasteiger partial charge in [0.1, 0.15) is 5.75 Å². The van der Waals surface area contributed by atoms with Crippen molar-refractivity contribution >= 4 is 6.03 Å². The predicted octanol–water partition coefficient (Wildman–Crippen LogP) is 3.11. The lowest BCUT2D eigenvalue weighted by molar-refractivity contribution is -0.0498. The summed E-state index contributed by atoms with van der Waals surface area (Å²) >= 11 is 0. The molecule has 1 aromatic carbocycles. The lowest BCUT2D eigenvalue weighted by Gasteiger charge is -2.15. The number of hydrogen-bond donors (Lipinski definition) is 2. The van der Waals surface area contributed by atoms with Crippen molar-refractivity contribution in [3.8, 4) is 5.75 Å². The first-order chi connectivity index (χ1) is 12.0. The second-order valence-corrected chi connectivity index (χ2v) is 5.82. The number of aromatic nitrogens is 2. The Labute approximate surface area is 142 Å². The maximum absolute atomic E-state index is 12.1. The number of alkyl halides is 2. The lowest BCUT2D eigenvalue weighted by atomic mass is 10.1. The fourth-order valence-corrected chi connectivity index (χ4v) is 2.27. The van der Waals surface area contributed by atoms with Gasteiger partial charge in [-0.15, -0.1) is 0 Å². The van der Waals surface area contributed by atoms with Crippen LogP contribution in [-0.4, -0.2) is 22.8 Å². The van der Waals surface area contributed by atoms with Gasteiger partial charge in [-0.1, -0.05) is 17.3 Å². The van der Waals surface area contributed by atoms with E-state index in [0.717, 1.165) is 18.4 Å². The minimum absolute atomic E-state index is 0.0678. The molecule has 1 fully saturated rings. The summed E-state index contributed by atoms with van der Waals surface area (Å²) in [5, 5.41) is 9.25. The predicted molar refractivity (Wildman–Crippen MR) is 83.1 cm³/mol. The van der Waals surface area contributed by atoms with E-state index >= 15 is 0 Å². The molecule has 1 atom stereocenters. The zero-order chi connectivity index (χ0) is 17.8. The van der Waals surface area contributed by atoms with Crippen molar-refractivity contribution in [1.82, 2.24) is 20.8 Å². The molecular weight excluding hydrogens is 334 g/mol. The number of nitrogens with zero attached hydrogens (tertiary/aromatic N) is 2. The lowest BCUT2D eigenvalue weighted by Crippen LogP contribution is -2.36. The van der Waals surface area contributed by atoms with E-state index in [1.165, 1.54) is 12.1 Å². The van der Waals surface area contributed by atoms with Gasteiger partial charge in [-0.05, 0) is 37.5 Å². The van der Waals surface area contributed by atoms with Crippen LogP contribution in [-0.2, 0) is 6.54 Å². The molecular formula is C16H18F2N4O3. The maximum atomic E-state index is 12.1. The molecule has 1 saturated carbocycles. The first-order valence-corrected chi connectivity index (χ1v) is 7.93. The van der Waals surface area contributed by atoms with E-state index in [-0.39, 0.29) is 18.3 Å². The quantitative estimate of drug-likeness (QED) is 0.799. The van der Waals surface area contributed by atoms with Crippen LogP contribution in [0.3, 0.4) is 0 Å². The number of hydrogen-bond acceptors (Lipinski definition) is 5. The topological polar surface area (TPSA) is 89.3 Å². The highest BCUT2D eigenvalue weighted by Crippen LogP contribution is 2.38. The monoisotopic (exact) mass is 352 g/mol. The summed E-state index contributed by atoms with van der Waals surface area (Å²) in [6, 6.07) is 5.37. The Morgan fingerprint density at radius 2 is 2.08 bits per heavy atom. The third-order valence-corrected chi connectivity index (χ3v) is 3.78. The van der Waals surface area contributed by atoms with Gasteiger partial charge in [0.25, 0.3) is 0 Å². The van der Waals surface area contributed by atoms with E-state index in [0.29, 0.717) is 17.6 Å². The largest absolute Gasteiger partial charge is 0.435 e. The van der Waals surface area contributed by atoms with Crippen LogP contribution in [0, 0.1) is 0 Å². The molecule has 25 heavy (non-hydrogen) atoms. The molecule has 134 valence electrons. The molecule has 2 N–H and O–H groups in total. The summed E-state index contributed by atoms with van der Waals surface area (Å²) in [5.41, 5.74) is 0.755. The Bertz CT molecular complexity index is 716. The van der Waals surface area contributed by atoms with Crippen LogP contribution in [0.15, 0.2) is 28.8 Å². The Morgan fingerprint density at radius 3 is 2.72 bits per heavy atom. The van der Waals surface area contributed by atoms with Crippen LogP contribution >= 0.6 is 0 Å². The average Bonchev–Trinajstić information content (AvgIpc) is 3.31. The van der Waals surface area contributed by atoms with Gasteiger partial charge in [-0.2, -0.15) is 13.8 Å². The van der Waals surface area contributed by atoms with Crippen LogP contribution < -0.4 is 15.4 Å². The van der Waals surface area contributed by atoms with Crippen LogP contribution in [0.4, 0.5) is 13.6 Å². The van der Waals surface area contributed by atoms with Crippen LogP contribution in [0.25, 0.3) is 0 Å². The van der Waals surface area contributed by atoms with Crippen molar-refractivity contribution in [1.29, 1.82) is 0 Å². The minimum atomic E-state index is -2.86. The molecule has 0 spiro atoms. The average molecular weight is 352 g/mol. The SMILES string of the molecule is CC(NC(=O)NCc1nc(C2CC2)no1)c1ccc(OC(F)F)cc1. The Kier molecular flexibility index (Phi) is 5.11. The highest BCUT2D eigenvalue weighted by atomic mass is 19.3. The van der Waals surface area contributed by atoms with E-state index in [9.17, 15) is 13.6 Å². The van der Waals surface area contributed by atoms with E-state index in [1.54, 1.807) is 19.1 Å². The third kappa shape index (κ3) is 4.88. The molecule has 1 aliphatic carbocycles. The van der Waals surface area contributed by atoms with Crippen molar-refractivity contribution in [2.45, 2.75) is 44.9 Å². The molecule has 0 bridgehead atoms. The Morgan fingerprint density at radius 1 is 1.36 bits per heavy atom. The van der Waals surface area contributed by atoms with Crippen molar-refractivity contribution < 1.29 is 22.8 Å². The van der Waals surface area contributed by atoms with Gasteiger partial charge in [0.2, 0.25) is 5.89 Å². The van der Waals surface area contributed by atoms with E-state index < -0.39 is 12.6 Å². The molecule has 2 aromatic rings. The van der Waals surface area contributed by atoms with Crippen molar-refractivity contribution in [3.63, 3.8) is 0 Å². The van der Waals surface area contributed by atoms with Gasteiger partial charge in [0.15, 0.2) is 5.82 Å². The molecule has 0 aliphatic heterocycles. The molecule has 1 aromatic heterocycles. The smallest absolute Gasteiger partial charge is 0.387 e. The molecule has 1 unspecified atom stereocenters. The number of amides is 2. The van der Waals surface area contributed by atoms with Gasteiger partial charge in [-0.25, -0.2) is 4.79 Å². The zero-order valence-corrected chi connectivity index (χ0v) is 13.5. The van der Waals surface area contributed by atoms with Crippen molar-refractivity contribution in [2.24, 2.45) is 0 Å². The third-order valence-electron chi connectivity index (χ3n) is 3.78. The summed E-state index contributed by atoms with van der Waals surface area (Å²) in [4.78, 5) is 16.1. The van der Waals surface area contributed by atoms with Crippen molar-refractivity contribution in [2.75, 3.05) is 0 Å². The highest BCUT2D eigenvalue weighted by Gasteiger charge is 2.28. The Balaban J connectivity index is 1.46. The summed E-state index contributed by atoms with van der Waals surface area (Å²) < 4.78 is 33.6. The molecule has 1 aliphatic rings. The normalized spacial score (nSPS) is 15.0. The number of rotatable bonds is 7. The minimum Gasteiger partial charge on any atom is -0.435 e. The second-order valence-electron chi connectivity index (χ2n) is 5.82. The van der Waals surface area contributed by atoms with Crippen molar-refractivity contribution in [3.05, 3.63) is 41.5 Å². The van der Waals surface area contributed by atoms with Gasteiger partial charge < -0.3 is 19.9 Å². The van der Waals surface area contributed by atoms with Crippen LogP contribution in [0.5, 0.6) is 5.75 Å². The molecule has 3 rings (SSSR count). The number of urea groups is 1. The van der Waals surface area contributed by atoms with Crippen LogP contribution in [0.2, 0.25) is 0 Å². The molecule has 1 heterocycles. The number of benzene rings is 1. The van der Waals surface area contributed by atoms with E-state index in [4.69, 9.17) is 4.52 Å². The Hall–Kier alpha value is -2.71. The fraction of sp³-hybridized carbons (Fsp3) is 0.438. The van der Waals surface area contributed by atoms with E-state index in [2.05, 4.69) is 25.5 Å². The van der Waals surface area contributed by atoms with Gasteiger partial charge in [0.05, 0.1) is 12.6 Å². The fourth-order valence-electron chi connectivity index (χ4n) is 2.27. The van der Waals surface area contributed by atoms with Gasteiger partial charge in [0, 0.05) is 5.92 Å². The first-order valence-electron chi connectivity index (χ1n) is 7.93. The number of nitrogens with one attached hydrogen (secondary N) is 2. The van der Waals surface area contributed by atoms with Gasteiger partial charge in [-0.3, -0.25) is 0 Å². The molecule has 0 radical (unpaired) electrons. The number of carbonyl (C=O) groups is 1. The van der Waals surface area contributed by atoms with Crippen LogP contribution in [0.1, 0.15) is 49.0 Å². The summed E-state index contributed by atoms with van der Waals surface area (Å²) in [6.07, 6.45) is 2.15. The second kappa shape index (κ2) is 7.45. The maximum Gasteiger partial charge on any atom is 0.387 e.